The van der Waals surface area contributed by atoms with E-state index in [0.717, 1.165) is 53.8 Å². The third-order valence-electron chi connectivity index (χ3n) is 10.1. The van der Waals surface area contributed by atoms with Crippen LogP contribution in [0.1, 0.15) is 154 Å². The average molecular weight is 547 g/mol. The van der Waals surface area contributed by atoms with E-state index in [2.05, 4.69) is 48.1 Å². The van der Waals surface area contributed by atoms with Gasteiger partial charge in [-0.1, -0.05) is 122 Å². The molecule has 2 saturated carbocycles. The van der Waals surface area contributed by atoms with Gasteiger partial charge in [0.25, 0.3) is 0 Å². The highest BCUT2D eigenvalue weighted by Crippen LogP contribution is 2.44. The maximum Gasteiger partial charge on any atom is 0.159 e. The molecule has 0 amide bonds. The SMILES string of the molecule is CCCCCCCCCCOc1cnc(-c2ccc([C@H]3CC[C@H]([C@H]4CC[C@H](CCCCC)CC4)CC3)cc2)nc1. The summed E-state index contributed by atoms with van der Waals surface area (Å²) in [6, 6.07) is 9.10. The normalized spacial score (nSPS) is 23.2. The molecule has 3 heteroatoms. The molecule has 0 aliphatic heterocycles. The van der Waals surface area contributed by atoms with E-state index in [0.29, 0.717) is 0 Å². The Morgan fingerprint density at radius 2 is 1.18 bits per heavy atom. The summed E-state index contributed by atoms with van der Waals surface area (Å²) in [5.74, 6) is 5.32. The summed E-state index contributed by atoms with van der Waals surface area (Å²) in [6.07, 6.45) is 31.5. The fourth-order valence-electron chi connectivity index (χ4n) is 7.43. The van der Waals surface area contributed by atoms with Crippen molar-refractivity contribution < 1.29 is 4.74 Å². The van der Waals surface area contributed by atoms with Crippen molar-refractivity contribution in [3.05, 3.63) is 42.2 Å². The van der Waals surface area contributed by atoms with Crippen LogP contribution in [0.15, 0.2) is 36.7 Å². The second-order valence-electron chi connectivity index (χ2n) is 13.1. The van der Waals surface area contributed by atoms with E-state index in [1.54, 1.807) is 0 Å². The number of hydrogen-bond acceptors (Lipinski definition) is 3. The third kappa shape index (κ3) is 10.2. The monoisotopic (exact) mass is 546 g/mol. The predicted molar refractivity (Wildman–Crippen MR) is 170 cm³/mol. The number of aromatic nitrogens is 2. The molecule has 1 aromatic carbocycles. The highest BCUT2D eigenvalue weighted by atomic mass is 16.5. The summed E-state index contributed by atoms with van der Waals surface area (Å²) >= 11 is 0. The molecule has 3 nitrogen and oxygen atoms in total. The number of ether oxygens (including phenoxy) is 1. The van der Waals surface area contributed by atoms with Crippen LogP contribution in [0.3, 0.4) is 0 Å². The second-order valence-corrected chi connectivity index (χ2v) is 13.1. The van der Waals surface area contributed by atoms with E-state index in [-0.39, 0.29) is 0 Å². The lowest BCUT2D eigenvalue weighted by Gasteiger charge is -2.38. The van der Waals surface area contributed by atoms with Gasteiger partial charge in [-0.2, -0.15) is 0 Å². The molecule has 1 heterocycles. The Morgan fingerprint density at radius 1 is 0.625 bits per heavy atom. The van der Waals surface area contributed by atoms with Gasteiger partial charge in [-0.3, -0.25) is 0 Å². The van der Waals surface area contributed by atoms with Crippen molar-refractivity contribution in [1.82, 2.24) is 9.97 Å². The fraction of sp³-hybridized carbons (Fsp3) is 0.730. The molecule has 0 N–H and O–H groups in total. The Bertz CT molecular complexity index is 908. The summed E-state index contributed by atoms with van der Waals surface area (Å²) in [4.78, 5) is 9.20. The van der Waals surface area contributed by atoms with E-state index < -0.39 is 0 Å². The van der Waals surface area contributed by atoms with E-state index in [9.17, 15) is 0 Å². The minimum atomic E-state index is 0.726. The quantitative estimate of drug-likeness (QED) is 0.185. The van der Waals surface area contributed by atoms with Gasteiger partial charge in [0.15, 0.2) is 11.6 Å². The topological polar surface area (TPSA) is 35.0 Å². The lowest BCUT2D eigenvalue weighted by molar-refractivity contribution is 0.155. The second kappa shape index (κ2) is 17.8. The van der Waals surface area contributed by atoms with Crippen molar-refractivity contribution in [2.24, 2.45) is 17.8 Å². The third-order valence-corrected chi connectivity index (χ3v) is 10.1. The first-order valence-corrected chi connectivity index (χ1v) is 17.3. The van der Waals surface area contributed by atoms with Crippen LogP contribution in [-0.4, -0.2) is 16.6 Å². The Morgan fingerprint density at radius 3 is 1.80 bits per heavy atom. The zero-order valence-corrected chi connectivity index (χ0v) is 25.9. The van der Waals surface area contributed by atoms with Crippen molar-refractivity contribution in [2.45, 2.75) is 148 Å². The van der Waals surface area contributed by atoms with Gasteiger partial charge in [-0.15, -0.1) is 0 Å². The van der Waals surface area contributed by atoms with Crippen molar-refractivity contribution >= 4 is 0 Å². The van der Waals surface area contributed by atoms with Crippen LogP contribution in [0.2, 0.25) is 0 Å². The fourth-order valence-corrected chi connectivity index (χ4v) is 7.43. The van der Waals surface area contributed by atoms with Gasteiger partial charge >= 0.3 is 0 Å². The molecule has 222 valence electrons. The highest BCUT2D eigenvalue weighted by Gasteiger charge is 2.31. The zero-order chi connectivity index (χ0) is 27.8. The lowest BCUT2D eigenvalue weighted by atomic mass is 9.68. The predicted octanol–water partition coefficient (Wildman–Crippen LogP) is 11.3. The van der Waals surface area contributed by atoms with Gasteiger partial charge in [0.1, 0.15) is 0 Å². The molecule has 0 spiro atoms. The molecule has 1 aromatic heterocycles. The number of rotatable bonds is 17. The van der Waals surface area contributed by atoms with Gasteiger partial charge in [-0.25, -0.2) is 9.97 Å². The maximum absolute atomic E-state index is 5.89. The number of hydrogen-bond donors (Lipinski definition) is 0. The van der Waals surface area contributed by atoms with Gasteiger partial charge in [0, 0.05) is 5.56 Å². The van der Waals surface area contributed by atoms with Crippen molar-refractivity contribution in [1.29, 1.82) is 0 Å². The molecule has 0 radical (unpaired) electrons. The van der Waals surface area contributed by atoms with Gasteiger partial charge in [-0.05, 0) is 74.2 Å². The summed E-state index contributed by atoms with van der Waals surface area (Å²) < 4.78 is 5.89. The first-order chi connectivity index (χ1) is 19.8. The molecule has 2 aliphatic carbocycles. The molecule has 0 bridgehead atoms. The molecule has 2 fully saturated rings. The minimum Gasteiger partial charge on any atom is -0.490 e. The summed E-state index contributed by atoms with van der Waals surface area (Å²) in [5, 5.41) is 0. The molecule has 2 aliphatic rings. The van der Waals surface area contributed by atoms with E-state index in [1.807, 2.05) is 12.4 Å². The molecular weight excluding hydrogens is 488 g/mol. The van der Waals surface area contributed by atoms with Crippen LogP contribution in [0.4, 0.5) is 0 Å². The Hall–Kier alpha value is -1.90. The maximum atomic E-state index is 5.89. The van der Waals surface area contributed by atoms with E-state index >= 15 is 0 Å². The molecule has 40 heavy (non-hydrogen) atoms. The van der Waals surface area contributed by atoms with E-state index in [4.69, 9.17) is 4.74 Å². The first-order valence-electron chi connectivity index (χ1n) is 17.3. The molecule has 0 unspecified atom stereocenters. The zero-order valence-electron chi connectivity index (χ0n) is 25.9. The van der Waals surface area contributed by atoms with E-state index in [1.165, 1.54) is 128 Å². The molecule has 4 rings (SSSR count). The van der Waals surface area contributed by atoms with Crippen LogP contribution >= 0.6 is 0 Å². The van der Waals surface area contributed by atoms with Gasteiger partial charge in [0.2, 0.25) is 0 Å². The van der Waals surface area contributed by atoms with Gasteiger partial charge in [0.05, 0.1) is 19.0 Å². The summed E-state index contributed by atoms with van der Waals surface area (Å²) in [5.41, 5.74) is 2.61. The first kappa shape index (κ1) is 31.0. The van der Waals surface area contributed by atoms with Crippen LogP contribution in [0.5, 0.6) is 5.75 Å². The molecule has 0 atom stereocenters. The van der Waals surface area contributed by atoms with Crippen LogP contribution < -0.4 is 4.74 Å². The summed E-state index contributed by atoms with van der Waals surface area (Å²) in [6.45, 7) is 5.35. The summed E-state index contributed by atoms with van der Waals surface area (Å²) in [7, 11) is 0. The smallest absolute Gasteiger partial charge is 0.159 e. The standard InChI is InChI=1S/C37H58N2O/c1-3-5-7-8-9-10-11-13-27-40-36-28-38-37(39-29-36)35-25-23-34(24-26-35)33-21-19-32(20-22-33)31-17-15-30(16-18-31)14-12-6-4-2/h23-26,28-33H,3-22,27H2,1-2H3/t30-,31-,32-,33-. The van der Waals surface area contributed by atoms with Crippen LogP contribution in [0.25, 0.3) is 11.4 Å². The Balaban J connectivity index is 1.13. The molecule has 0 saturated heterocycles. The van der Waals surface area contributed by atoms with Crippen molar-refractivity contribution in [3.63, 3.8) is 0 Å². The highest BCUT2D eigenvalue weighted by molar-refractivity contribution is 5.55. The van der Waals surface area contributed by atoms with Crippen LogP contribution in [-0.2, 0) is 0 Å². The lowest BCUT2D eigenvalue weighted by Crippen LogP contribution is -2.25. The molecular formula is C37H58N2O. The number of nitrogens with zero attached hydrogens (tertiary/aromatic N) is 2. The van der Waals surface area contributed by atoms with Crippen LogP contribution in [0, 0.1) is 17.8 Å². The van der Waals surface area contributed by atoms with Crippen molar-refractivity contribution in [2.75, 3.05) is 6.61 Å². The van der Waals surface area contributed by atoms with Crippen molar-refractivity contribution in [3.8, 4) is 17.1 Å². The molecule has 2 aromatic rings. The number of unbranched alkanes of at least 4 members (excludes halogenated alkanes) is 9. The van der Waals surface area contributed by atoms with Gasteiger partial charge < -0.3 is 4.74 Å². The Kier molecular flexibility index (Phi) is 13.8. The minimum absolute atomic E-state index is 0.726. The Labute approximate surface area is 246 Å². The largest absolute Gasteiger partial charge is 0.490 e. The average Bonchev–Trinajstić information content (AvgIpc) is 3.01. The number of benzene rings is 1.